The Kier molecular flexibility index (Phi) is 5.76. The Bertz CT molecular complexity index is 851. The molecule has 0 aliphatic carbocycles. The van der Waals surface area contributed by atoms with Crippen LogP contribution in [0.15, 0.2) is 18.2 Å². The molecule has 2 atom stereocenters. The molecule has 3 rings (SSSR count). The number of nitrogens with zero attached hydrogens (tertiary/aromatic N) is 2. The van der Waals surface area contributed by atoms with Crippen LogP contribution in [0.3, 0.4) is 0 Å². The Hall–Kier alpha value is -1.64. The molecular formula is C20H31N3O4S. The second kappa shape index (κ2) is 7.65. The molecule has 1 N–H and O–H groups in total. The van der Waals surface area contributed by atoms with Gasteiger partial charge in [0.25, 0.3) is 10.2 Å². The van der Waals surface area contributed by atoms with Gasteiger partial charge >= 0.3 is 0 Å². The van der Waals surface area contributed by atoms with Crippen LogP contribution in [0.4, 0.5) is 0 Å². The number of piperidine rings is 1. The van der Waals surface area contributed by atoms with Crippen LogP contribution in [0, 0.1) is 12.8 Å². The molecule has 2 heterocycles. The number of hydrogen-bond donors (Lipinski definition) is 1. The summed E-state index contributed by atoms with van der Waals surface area (Å²) in [5, 5.41) is 3.17. The molecule has 2 unspecified atom stereocenters. The van der Waals surface area contributed by atoms with E-state index < -0.39 is 10.2 Å². The molecule has 1 aromatic rings. The highest BCUT2D eigenvalue weighted by Gasteiger charge is 2.38. The molecule has 156 valence electrons. The maximum Gasteiger partial charge on any atom is 0.281 e. The zero-order valence-electron chi connectivity index (χ0n) is 17.4. The minimum absolute atomic E-state index is 0.0899. The summed E-state index contributed by atoms with van der Waals surface area (Å²) < 4.78 is 33.6. The topological polar surface area (TPSA) is 79.0 Å². The van der Waals surface area contributed by atoms with Crippen molar-refractivity contribution in [1.29, 1.82) is 0 Å². The number of rotatable bonds is 4. The van der Waals surface area contributed by atoms with Gasteiger partial charge in [-0.3, -0.25) is 4.79 Å². The zero-order chi connectivity index (χ0) is 20.7. The van der Waals surface area contributed by atoms with Crippen molar-refractivity contribution < 1.29 is 17.9 Å². The number of hydrogen-bond acceptors (Lipinski definition) is 4. The van der Waals surface area contributed by atoms with Crippen LogP contribution in [0.2, 0.25) is 0 Å². The van der Waals surface area contributed by atoms with E-state index in [9.17, 15) is 13.2 Å². The second-order valence-corrected chi connectivity index (χ2v) is 10.8. The standard InChI is InChI=1S/C20H31N3O4S/c1-14-8-9-16-17(12-20(2,3)27-18(16)11-14)21-19(24)15-7-6-10-23(13-15)28(25,26)22(4)5/h8-9,11,15,17H,6-7,10,12-13H2,1-5H3,(H,21,24). The van der Waals surface area contributed by atoms with E-state index in [1.807, 2.05) is 39.0 Å². The van der Waals surface area contributed by atoms with E-state index in [1.165, 1.54) is 22.7 Å². The average Bonchev–Trinajstić information content (AvgIpc) is 2.60. The van der Waals surface area contributed by atoms with Gasteiger partial charge < -0.3 is 10.1 Å². The lowest BCUT2D eigenvalue weighted by atomic mass is 9.88. The van der Waals surface area contributed by atoms with E-state index >= 15 is 0 Å². The molecule has 1 aromatic carbocycles. The molecule has 0 saturated carbocycles. The highest BCUT2D eigenvalue weighted by molar-refractivity contribution is 7.86. The third-order valence-electron chi connectivity index (χ3n) is 5.49. The van der Waals surface area contributed by atoms with Gasteiger partial charge in [0.15, 0.2) is 0 Å². The van der Waals surface area contributed by atoms with Crippen molar-refractivity contribution in [3.8, 4) is 5.75 Å². The minimum atomic E-state index is -3.50. The summed E-state index contributed by atoms with van der Waals surface area (Å²) in [5.41, 5.74) is 1.70. The van der Waals surface area contributed by atoms with Gasteiger partial charge in [0.2, 0.25) is 5.91 Å². The van der Waals surface area contributed by atoms with Crippen molar-refractivity contribution in [3.63, 3.8) is 0 Å². The summed E-state index contributed by atoms with van der Waals surface area (Å²) in [4.78, 5) is 13.0. The fourth-order valence-electron chi connectivity index (χ4n) is 3.97. The van der Waals surface area contributed by atoms with Crippen LogP contribution >= 0.6 is 0 Å². The van der Waals surface area contributed by atoms with E-state index in [0.29, 0.717) is 25.8 Å². The minimum Gasteiger partial charge on any atom is -0.487 e. The number of carbonyl (C=O) groups excluding carboxylic acids is 1. The number of ether oxygens (including phenoxy) is 1. The SMILES string of the molecule is Cc1ccc2c(c1)OC(C)(C)CC2NC(=O)C1CCCN(S(=O)(=O)N(C)C)C1. The van der Waals surface area contributed by atoms with Gasteiger partial charge in [-0.25, -0.2) is 0 Å². The van der Waals surface area contributed by atoms with Crippen LogP contribution in [0.5, 0.6) is 5.75 Å². The molecule has 0 spiro atoms. The van der Waals surface area contributed by atoms with Crippen LogP contribution in [0.25, 0.3) is 0 Å². The Labute approximate surface area is 168 Å². The van der Waals surface area contributed by atoms with Gasteiger partial charge in [-0.2, -0.15) is 17.0 Å². The van der Waals surface area contributed by atoms with Crippen molar-refractivity contribution in [3.05, 3.63) is 29.3 Å². The van der Waals surface area contributed by atoms with Crippen LogP contribution in [-0.2, 0) is 15.0 Å². The van der Waals surface area contributed by atoms with E-state index in [0.717, 1.165) is 16.9 Å². The van der Waals surface area contributed by atoms with E-state index in [2.05, 4.69) is 5.32 Å². The number of aryl methyl sites for hydroxylation is 1. The van der Waals surface area contributed by atoms with Crippen molar-refractivity contribution >= 4 is 16.1 Å². The molecule has 1 saturated heterocycles. The van der Waals surface area contributed by atoms with Gasteiger partial charge in [-0.15, -0.1) is 0 Å². The molecule has 8 heteroatoms. The lowest BCUT2D eigenvalue weighted by Crippen LogP contribution is -2.50. The number of fused-ring (bicyclic) bond motifs is 1. The predicted octanol–water partition coefficient (Wildman–Crippen LogP) is 2.23. The Balaban J connectivity index is 1.76. The zero-order valence-corrected chi connectivity index (χ0v) is 18.2. The van der Waals surface area contributed by atoms with Gasteiger partial charge in [0.05, 0.1) is 12.0 Å². The number of carbonyl (C=O) groups is 1. The molecule has 28 heavy (non-hydrogen) atoms. The monoisotopic (exact) mass is 409 g/mol. The summed E-state index contributed by atoms with van der Waals surface area (Å²) in [6.45, 7) is 6.73. The van der Waals surface area contributed by atoms with Crippen LogP contribution in [-0.4, -0.2) is 55.7 Å². The third-order valence-corrected chi connectivity index (χ3v) is 7.39. The van der Waals surface area contributed by atoms with Gasteiger partial charge in [-0.05, 0) is 45.2 Å². The highest BCUT2D eigenvalue weighted by Crippen LogP contribution is 2.40. The Morgan fingerprint density at radius 2 is 2.04 bits per heavy atom. The summed E-state index contributed by atoms with van der Waals surface area (Å²) in [6.07, 6.45) is 2.04. The molecule has 7 nitrogen and oxygen atoms in total. The van der Waals surface area contributed by atoms with Crippen LogP contribution in [0.1, 0.15) is 50.3 Å². The molecule has 0 aromatic heterocycles. The third kappa shape index (κ3) is 4.34. The lowest BCUT2D eigenvalue weighted by Gasteiger charge is -2.39. The first-order chi connectivity index (χ1) is 13.0. The van der Waals surface area contributed by atoms with Crippen LogP contribution < -0.4 is 10.1 Å². The fraction of sp³-hybridized carbons (Fsp3) is 0.650. The Morgan fingerprint density at radius 3 is 2.71 bits per heavy atom. The van der Waals surface area contributed by atoms with E-state index in [-0.39, 0.29) is 30.0 Å². The smallest absolute Gasteiger partial charge is 0.281 e. The first-order valence-electron chi connectivity index (χ1n) is 9.77. The van der Waals surface area contributed by atoms with Crippen molar-refractivity contribution in [2.24, 2.45) is 5.92 Å². The maximum atomic E-state index is 13.0. The lowest BCUT2D eigenvalue weighted by molar-refractivity contribution is -0.127. The maximum absolute atomic E-state index is 13.0. The molecule has 1 amide bonds. The molecule has 2 aliphatic rings. The van der Waals surface area contributed by atoms with Crippen molar-refractivity contribution in [2.45, 2.75) is 51.7 Å². The number of benzene rings is 1. The van der Waals surface area contributed by atoms with E-state index in [1.54, 1.807) is 0 Å². The Morgan fingerprint density at radius 1 is 1.32 bits per heavy atom. The van der Waals surface area contributed by atoms with Gasteiger partial charge in [0.1, 0.15) is 11.4 Å². The highest BCUT2D eigenvalue weighted by atomic mass is 32.2. The number of nitrogens with one attached hydrogen (secondary N) is 1. The summed E-state index contributed by atoms with van der Waals surface area (Å²) in [6, 6.07) is 5.88. The largest absolute Gasteiger partial charge is 0.487 e. The second-order valence-electron chi connectivity index (χ2n) is 8.66. The predicted molar refractivity (Wildman–Crippen MR) is 108 cm³/mol. The van der Waals surface area contributed by atoms with Crippen molar-refractivity contribution in [1.82, 2.24) is 13.9 Å². The quantitative estimate of drug-likeness (QED) is 0.827. The summed E-state index contributed by atoms with van der Waals surface area (Å²) in [5.74, 6) is 0.373. The first kappa shape index (κ1) is 21.1. The summed E-state index contributed by atoms with van der Waals surface area (Å²) in [7, 11) is -0.473. The first-order valence-corrected chi connectivity index (χ1v) is 11.2. The van der Waals surface area contributed by atoms with Crippen molar-refractivity contribution in [2.75, 3.05) is 27.2 Å². The average molecular weight is 410 g/mol. The van der Waals surface area contributed by atoms with Gasteiger partial charge in [0, 0.05) is 39.2 Å². The molecule has 0 radical (unpaired) electrons. The fourth-order valence-corrected chi connectivity index (χ4v) is 5.16. The normalized spacial score (nSPS) is 25.1. The molecule has 1 fully saturated rings. The molecular weight excluding hydrogens is 378 g/mol. The van der Waals surface area contributed by atoms with Gasteiger partial charge in [-0.1, -0.05) is 12.1 Å². The molecule has 0 bridgehead atoms. The van der Waals surface area contributed by atoms with E-state index in [4.69, 9.17) is 4.74 Å². The summed E-state index contributed by atoms with van der Waals surface area (Å²) >= 11 is 0. The number of amides is 1. The molecule has 2 aliphatic heterocycles.